The van der Waals surface area contributed by atoms with Gasteiger partial charge in [0.1, 0.15) is 0 Å². The molecule has 0 aliphatic heterocycles. The molecule has 3 aromatic rings. The maximum Gasteiger partial charge on any atom is 0.205 e. The fourth-order valence-corrected chi connectivity index (χ4v) is 3.13. The Morgan fingerprint density at radius 3 is 2.67 bits per heavy atom. The second-order valence-corrected chi connectivity index (χ2v) is 5.98. The summed E-state index contributed by atoms with van der Waals surface area (Å²) >= 11 is 1.54. The zero-order valence-corrected chi connectivity index (χ0v) is 13.0. The summed E-state index contributed by atoms with van der Waals surface area (Å²) in [6.45, 7) is 4.07. The topological polar surface area (TPSA) is 45.4 Å². The summed E-state index contributed by atoms with van der Waals surface area (Å²) in [6.07, 6.45) is 0. The molecule has 0 atom stereocenters. The highest BCUT2D eigenvalue weighted by Gasteiger charge is 2.23. The monoisotopic (exact) mass is 299 g/mol. The van der Waals surface area contributed by atoms with Crippen LogP contribution in [0.1, 0.15) is 11.1 Å². The summed E-state index contributed by atoms with van der Waals surface area (Å²) in [5, 5.41) is 15.7. The molecule has 0 unspecified atom stereocenters. The molecule has 0 amide bonds. The third-order valence-corrected chi connectivity index (χ3v) is 4.39. The Balaban J connectivity index is 2.25. The summed E-state index contributed by atoms with van der Waals surface area (Å²) in [7, 11) is 1.80. The number of aryl methyl sites for hydroxylation is 2. The van der Waals surface area contributed by atoms with E-state index in [0.717, 1.165) is 27.1 Å². The molecule has 0 radical (unpaired) electrons. The number of aromatic hydroxyl groups is 1. The zero-order chi connectivity index (χ0) is 15.0. The van der Waals surface area contributed by atoms with Crippen LogP contribution in [0.3, 0.4) is 0 Å². The normalized spacial score (nSPS) is 10.8. The molecule has 0 saturated carbocycles. The first kappa shape index (κ1) is 13.8. The van der Waals surface area contributed by atoms with Crippen molar-refractivity contribution in [2.45, 2.75) is 13.8 Å². The Morgan fingerprint density at radius 2 is 2.00 bits per heavy atom. The van der Waals surface area contributed by atoms with Gasteiger partial charge in [-0.05, 0) is 36.4 Å². The predicted octanol–water partition coefficient (Wildman–Crippen LogP) is 5.04. The molecule has 4 heteroatoms. The van der Waals surface area contributed by atoms with Crippen LogP contribution in [0, 0.1) is 13.8 Å². The molecular weight excluding hydrogens is 282 g/mol. The van der Waals surface area contributed by atoms with E-state index in [4.69, 9.17) is 4.42 Å². The van der Waals surface area contributed by atoms with Crippen molar-refractivity contribution in [3.63, 3.8) is 0 Å². The maximum atomic E-state index is 10.7. The summed E-state index contributed by atoms with van der Waals surface area (Å²) < 4.78 is 5.84. The highest BCUT2D eigenvalue weighted by atomic mass is 32.1. The quantitative estimate of drug-likeness (QED) is 0.712. The van der Waals surface area contributed by atoms with Gasteiger partial charge in [0.15, 0.2) is 11.5 Å². The minimum atomic E-state index is 0.190. The average Bonchev–Trinajstić information content (AvgIpc) is 3.09. The lowest BCUT2D eigenvalue weighted by molar-refractivity contribution is 0.467. The smallest absolute Gasteiger partial charge is 0.205 e. The van der Waals surface area contributed by atoms with E-state index in [1.165, 1.54) is 0 Å². The largest absolute Gasteiger partial charge is 0.504 e. The summed E-state index contributed by atoms with van der Waals surface area (Å²) in [4.78, 5) is 0.917. The predicted molar refractivity (Wildman–Crippen MR) is 88.1 cm³/mol. The standard InChI is InChI=1S/C17H17NO2S/c1-10-6-7-11(2)12(9-10)14-15(19)16(20-17(14)18-3)13-5-4-8-21-13/h4-9,18-19H,1-3H3. The van der Waals surface area contributed by atoms with Crippen LogP contribution in [-0.2, 0) is 0 Å². The molecule has 21 heavy (non-hydrogen) atoms. The van der Waals surface area contributed by atoms with Crippen LogP contribution in [0.2, 0.25) is 0 Å². The van der Waals surface area contributed by atoms with Gasteiger partial charge in [0.25, 0.3) is 0 Å². The highest BCUT2D eigenvalue weighted by molar-refractivity contribution is 7.13. The van der Waals surface area contributed by atoms with Crippen molar-refractivity contribution in [2.24, 2.45) is 0 Å². The van der Waals surface area contributed by atoms with Gasteiger partial charge in [0.2, 0.25) is 5.88 Å². The van der Waals surface area contributed by atoms with Gasteiger partial charge in [0.05, 0.1) is 10.4 Å². The van der Waals surface area contributed by atoms with Crippen molar-refractivity contribution in [1.82, 2.24) is 0 Å². The molecule has 0 fully saturated rings. The first-order chi connectivity index (χ1) is 10.1. The first-order valence-electron chi connectivity index (χ1n) is 6.77. The van der Waals surface area contributed by atoms with E-state index in [-0.39, 0.29) is 5.75 Å². The molecule has 0 aliphatic carbocycles. The Labute approximate surface area is 127 Å². The Kier molecular flexibility index (Phi) is 3.47. The van der Waals surface area contributed by atoms with Crippen molar-refractivity contribution in [3.05, 3.63) is 46.8 Å². The molecule has 3 nitrogen and oxygen atoms in total. The van der Waals surface area contributed by atoms with Crippen molar-refractivity contribution < 1.29 is 9.52 Å². The molecule has 0 bridgehead atoms. The van der Waals surface area contributed by atoms with Crippen LogP contribution in [0.4, 0.5) is 5.88 Å². The number of hydrogen-bond donors (Lipinski definition) is 2. The van der Waals surface area contributed by atoms with Gasteiger partial charge >= 0.3 is 0 Å². The highest BCUT2D eigenvalue weighted by Crippen LogP contribution is 2.47. The SMILES string of the molecule is CNc1oc(-c2cccs2)c(O)c1-c1cc(C)ccc1C. The van der Waals surface area contributed by atoms with Gasteiger partial charge < -0.3 is 14.8 Å². The Bertz CT molecular complexity index is 772. The lowest BCUT2D eigenvalue weighted by atomic mass is 9.99. The summed E-state index contributed by atoms with van der Waals surface area (Å²) in [5.41, 5.74) is 3.97. The maximum absolute atomic E-state index is 10.7. The number of furan rings is 1. The summed E-state index contributed by atoms with van der Waals surface area (Å²) in [6, 6.07) is 10.1. The molecule has 3 rings (SSSR count). The number of thiophene rings is 1. The average molecular weight is 299 g/mol. The molecule has 108 valence electrons. The lowest BCUT2D eigenvalue weighted by Gasteiger charge is -2.07. The van der Waals surface area contributed by atoms with Gasteiger partial charge in [-0.1, -0.05) is 29.8 Å². The van der Waals surface area contributed by atoms with Gasteiger partial charge in [-0.2, -0.15) is 0 Å². The lowest BCUT2D eigenvalue weighted by Crippen LogP contribution is -1.90. The van der Waals surface area contributed by atoms with Crippen LogP contribution in [0.5, 0.6) is 5.75 Å². The van der Waals surface area contributed by atoms with Gasteiger partial charge in [-0.15, -0.1) is 11.3 Å². The van der Waals surface area contributed by atoms with Crippen molar-refractivity contribution >= 4 is 17.2 Å². The molecule has 2 aromatic heterocycles. The molecule has 0 spiro atoms. The van der Waals surface area contributed by atoms with E-state index in [0.29, 0.717) is 11.6 Å². The fraction of sp³-hybridized carbons (Fsp3) is 0.176. The van der Waals surface area contributed by atoms with Gasteiger partial charge in [-0.25, -0.2) is 0 Å². The van der Waals surface area contributed by atoms with Crippen LogP contribution in [0.15, 0.2) is 40.1 Å². The number of hydrogen-bond acceptors (Lipinski definition) is 4. The molecule has 1 aromatic carbocycles. The number of benzene rings is 1. The minimum absolute atomic E-state index is 0.190. The van der Waals surface area contributed by atoms with E-state index in [2.05, 4.69) is 23.5 Å². The van der Waals surface area contributed by atoms with Crippen molar-refractivity contribution in [2.75, 3.05) is 12.4 Å². The third kappa shape index (κ3) is 2.32. The second-order valence-electron chi connectivity index (χ2n) is 5.03. The van der Waals surface area contributed by atoms with E-state index in [1.54, 1.807) is 18.4 Å². The van der Waals surface area contributed by atoms with E-state index in [1.807, 2.05) is 31.4 Å². The van der Waals surface area contributed by atoms with Crippen LogP contribution >= 0.6 is 11.3 Å². The van der Waals surface area contributed by atoms with Crippen LogP contribution in [-0.4, -0.2) is 12.2 Å². The van der Waals surface area contributed by atoms with Gasteiger partial charge in [0, 0.05) is 7.05 Å². The van der Waals surface area contributed by atoms with Crippen molar-refractivity contribution in [3.8, 4) is 27.5 Å². The Hall–Kier alpha value is -2.20. The third-order valence-electron chi connectivity index (χ3n) is 3.52. The molecule has 0 saturated heterocycles. The van der Waals surface area contributed by atoms with E-state index >= 15 is 0 Å². The Morgan fingerprint density at radius 1 is 1.19 bits per heavy atom. The molecule has 2 heterocycles. The zero-order valence-electron chi connectivity index (χ0n) is 12.2. The van der Waals surface area contributed by atoms with E-state index < -0.39 is 0 Å². The first-order valence-corrected chi connectivity index (χ1v) is 7.64. The van der Waals surface area contributed by atoms with Crippen molar-refractivity contribution in [1.29, 1.82) is 0 Å². The number of rotatable bonds is 3. The fourth-order valence-electron chi connectivity index (χ4n) is 2.43. The molecular formula is C17H17NO2S. The van der Waals surface area contributed by atoms with Crippen LogP contribution in [0.25, 0.3) is 21.8 Å². The van der Waals surface area contributed by atoms with Gasteiger partial charge in [-0.3, -0.25) is 0 Å². The number of nitrogens with one attached hydrogen (secondary N) is 1. The van der Waals surface area contributed by atoms with E-state index in [9.17, 15) is 5.11 Å². The van der Waals surface area contributed by atoms with Crippen LogP contribution < -0.4 is 5.32 Å². The minimum Gasteiger partial charge on any atom is -0.504 e. The summed E-state index contributed by atoms with van der Waals surface area (Å²) in [5.74, 6) is 1.30. The number of anilines is 1. The molecule has 2 N–H and O–H groups in total. The second kappa shape index (κ2) is 5.30. The molecule has 0 aliphatic rings.